The van der Waals surface area contributed by atoms with Crippen molar-refractivity contribution in [1.29, 1.82) is 0 Å². The van der Waals surface area contributed by atoms with Gasteiger partial charge in [-0.2, -0.15) is 0 Å². The van der Waals surface area contributed by atoms with Crippen molar-refractivity contribution in [3.63, 3.8) is 0 Å². The highest BCUT2D eigenvalue weighted by atomic mass is 32.2. The van der Waals surface area contributed by atoms with Gasteiger partial charge in [0.15, 0.2) is 11.5 Å². The molecule has 0 aromatic heterocycles. The average molecular weight is 626 g/mol. The molecule has 0 saturated carbocycles. The van der Waals surface area contributed by atoms with Crippen LogP contribution in [0.25, 0.3) is 0 Å². The van der Waals surface area contributed by atoms with Gasteiger partial charge in [-0.15, -0.1) is 0 Å². The first-order chi connectivity index (χ1) is 21.0. The van der Waals surface area contributed by atoms with Crippen LogP contribution < -0.4 is 19.1 Å². The smallest absolute Gasteiger partial charge is 0.243 e. The van der Waals surface area contributed by atoms with E-state index < -0.39 is 21.9 Å². The minimum atomic E-state index is -3.69. The van der Waals surface area contributed by atoms with Crippen molar-refractivity contribution in [2.24, 2.45) is 0 Å². The maximum absolute atomic E-state index is 13.9. The number of carbonyl (C=O) groups excluding carboxylic acids is 2. The van der Waals surface area contributed by atoms with Crippen LogP contribution in [-0.2, 0) is 32.6 Å². The van der Waals surface area contributed by atoms with Crippen molar-refractivity contribution in [2.45, 2.75) is 58.2 Å². The number of amides is 2. The van der Waals surface area contributed by atoms with E-state index in [4.69, 9.17) is 9.47 Å². The molecular weight excluding hydrogens is 585 g/mol. The number of anilines is 1. The number of nitrogens with zero attached hydrogens (tertiary/aromatic N) is 2. The first-order valence-electron chi connectivity index (χ1n) is 14.8. The molecule has 1 aliphatic rings. The second-order valence-electron chi connectivity index (χ2n) is 10.9. The van der Waals surface area contributed by atoms with E-state index in [1.54, 1.807) is 30.3 Å². The summed E-state index contributed by atoms with van der Waals surface area (Å²) in [5, 5.41) is 3.02. The van der Waals surface area contributed by atoms with E-state index in [0.29, 0.717) is 36.0 Å². The number of rotatable bonds is 14. The summed E-state index contributed by atoms with van der Waals surface area (Å²) in [5.74, 6) is 0.0000775. The van der Waals surface area contributed by atoms with Crippen molar-refractivity contribution in [3.05, 3.63) is 89.7 Å². The average Bonchev–Trinajstić information content (AvgIpc) is 3.01. The molecule has 3 aromatic rings. The highest BCUT2D eigenvalue weighted by molar-refractivity contribution is 7.92. The SMILES string of the molecule is CC[C@H](C)NC(=O)[C@H](Cc1ccccc1)N(Cc1ccc(F)cc1)C(=O)CCCN(c1ccc2c(c1)OCCO2)S(C)(=O)=O. The van der Waals surface area contributed by atoms with Gasteiger partial charge < -0.3 is 19.7 Å². The summed E-state index contributed by atoms with van der Waals surface area (Å²) in [5.41, 5.74) is 1.96. The summed E-state index contributed by atoms with van der Waals surface area (Å²) in [4.78, 5) is 29.1. The zero-order valence-corrected chi connectivity index (χ0v) is 26.2. The fourth-order valence-corrected chi connectivity index (χ4v) is 5.93. The Kier molecular flexibility index (Phi) is 11.2. The Balaban J connectivity index is 1.58. The van der Waals surface area contributed by atoms with Gasteiger partial charge in [0.05, 0.1) is 11.9 Å². The topological polar surface area (TPSA) is 105 Å². The molecule has 0 unspecified atom stereocenters. The van der Waals surface area contributed by atoms with Gasteiger partial charge in [-0.3, -0.25) is 13.9 Å². The zero-order chi connectivity index (χ0) is 31.7. The predicted molar refractivity (Wildman–Crippen MR) is 168 cm³/mol. The molecule has 2 amide bonds. The molecule has 9 nitrogen and oxygen atoms in total. The molecule has 11 heteroatoms. The number of ether oxygens (including phenoxy) is 2. The fraction of sp³-hybridized carbons (Fsp3) is 0.394. The molecule has 0 spiro atoms. The Hall–Kier alpha value is -4.12. The maximum Gasteiger partial charge on any atom is 0.243 e. The normalized spacial score (nSPS) is 13.9. The maximum atomic E-state index is 13.9. The van der Waals surface area contributed by atoms with Crippen LogP contribution >= 0.6 is 0 Å². The van der Waals surface area contributed by atoms with Crippen molar-refractivity contribution in [3.8, 4) is 11.5 Å². The zero-order valence-electron chi connectivity index (χ0n) is 25.4. The lowest BCUT2D eigenvalue weighted by Gasteiger charge is -2.32. The van der Waals surface area contributed by atoms with Gasteiger partial charge in [0, 0.05) is 38.0 Å². The Labute approximate surface area is 259 Å². The molecular formula is C33H40FN3O6S. The van der Waals surface area contributed by atoms with Crippen LogP contribution in [0.4, 0.5) is 10.1 Å². The first kappa shape index (κ1) is 32.8. The highest BCUT2D eigenvalue weighted by Gasteiger charge is 2.31. The second-order valence-corrected chi connectivity index (χ2v) is 12.8. The number of benzene rings is 3. The number of sulfonamides is 1. The molecule has 2 atom stereocenters. The van der Waals surface area contributed by atoms with E-state index in [1.807, 2.05) is 44.2 Å². The number of halogens is 1. The predicted octanol–water partition coefficient (Wildman–Crippen LogP) is 4.70. The highest BCUT2D eigenvalue weighted by Crippen LogP contribution is 2.35. The van der Waals surface area contributed by atoms with Crippen LogP contribution in [-0.4, -0.2) is 63.2 Å². The molecule has 236 valence electrons. The first-order valence-corrected chi connectivity index (χ1v) is 16.7. The number of hydrogen-bond acceptors (Lipinski definition) is 6. The summed E-state index contributed by atoms with van der Waals surface area (Å²) < 4.78 is 51.7. The molecule has 0 fully saturated rings. The molecule has 1 aliphatic heterocycles. The quantitative estimate of drug-likeness (QED) is 0.279. The summed E-state index contributed by atoms with van der Waals surface area (Å²) in [6.45, 7) is 4.77. The molecule has 3 aromatic carbocycles. The van der Waals surface area contributed by atoms with Gasteiger partial charge in [0.1, 0.15) is 25.1 Å². The third kappa shape index (κ3) is 8.95. The van der Waals surface area contributed by atoms with Crippen LogP contribution in [0.1, 0.15) is 44.2 Å². The monoisotopic (exact) mass is 625 g/mol. The van der Waals surface area contributed by atoms with Gasteiger partial charge in [-0.05, 0) is 55.2 Å². The van der Waals surface area contributed by atoms with E-state index >= 15 is 0 Å². The number of nitrogens with one attached hydrogen (secondary N) is 1. The molecule has 0 saturated heterocycles. The van der Waals surface area contributed by atoms with E-state index in [1.165, 1.54) is 21.3 Å². The van der Waals surface area contributed by atoms with Gasteiger partial charge in [0.2, 0.25) is 21.8 Å². The lowest BCUT2D eigenvalue weighted by Crippen LogP contribution is -2.52. The van der Waals surface area contributed by atoms with Gasteiger partial charge >= 0.3 is 0 Å². The summed E-state index contributed by atoms with van der Waals surface area (Å²) >= 11 is 0. The molecule has 0 aliphatic carbocycles. The largest absolute Gasteiger partial charge is 0.486 e. The van der Waals surface area contributed by atoms with Gasteiger partial charge in [-0.1, -0.05) is 49.4 Å². The van der Waals surface area contributed by atoms with Crippen LogP contribution in [0, 0.1) is 5.82 Å². The number of hydrogen-bond donors (Lipinski definition) is 1. The van der Waals surface area contributed by atoms with Crippen LogP contribution in [0.2, 0.25) is 0 Å². The third-order valence-electron chi connectivity index (χ3n) is 7.50. The summed E-state index contributed by atoms with van der Waals surface area (Å²) in [6.07, 6.45) is 2.30. The molecule has 44 heavy (non-hydrogen) atoms. The van der Waals surface area contributed by atoms with E-state index in [0.717, 1.165) is 18.2 Å². The lowest BCUT2D eigenvalue weighted by molar-refractivity contribution is -0.141. The van der Waals surface area contributed by atoms with Crippen molar-refractivity contribution < 1.29 is 31.9 Å². The molecule has 0 radical (unpaired) electrons. The van der Waals surface area contributed by atoms with Crippen molar-refractivity contribution in [2.75, 3.05) is 30.3 Å². The molecule has 4 rings (SSSR count). The Morgan fingerprint density at radius 2 is 1.64 bits per heavy atom. The van der Waals surface area contributed by atoms with E-state index in [2.05, 4.69) is 5.32 Å². The summed E-state index contributed by atoms with van der Waals surface area (Å²) in [7, 11) is -3.69. The van der Waals surface area contributed by atoms with E-state index in [9.17, 15) is 22.4 Å². The third-order valence-corrected chi connectivity index (χ3v) is 8.70. The Morgan fingerprint density at radius 3 is 2.30 bits per heavy atom. The lowest BCUT2D eigenvalue weighted by atomic mass is 10.0. The minimum Gasteiger partial charge on any atom is -0.486 e. The van der Waals surface area contributed by atoms with Gasteiger partial charge in [-0.25, -0.2) is 12.8 Å². The molecule has 1 heterocycles. The second kappa shape index (κ2) is 15.1. The van der Waals surface area contributed by atoms with Crippen molar-refractivity contribution >= 4 is 27.5 Å². The fourth-order valence-electron chi connectivity index (χ4n) is 4.97. The van der Waals surface area contributed by atoms with Crippen LogP contribution in [0.3, 0.4) is 0 Å². The minimum absolute atomic E-state index is 0.0142. The number of carbonyl (C=O) groups is 2. The number of fused-ring (bicyclic) bond motifs is 1. The van der Waals surface area contributed by atoms with E-state index in [-0.39, 0.29) is 50.2 Å². The Morgan fingerprint density at radius 1 is 0.955 bits per heavy atom. The Bertz CT molecular complexity index is 1520. The van der Waals surface area contributed by atoms with Crippen LogP contribution in [0.15, 0.2) is 72.8 Å². The standard InChI is InChI=1S/C33H40FN3O6S/c1-4-24(2)35-33(39)29(21-25-9-6-5-7-10-25)36(23-26-12-14-27(34)15-13-26)32(38)11-8-18-37(44(3,40)41)28-16-17-30-31(22-28)43-20-19-42-30/h5-7,9-10,12-17,22,24,29H,4,8,11,18-21,23H2,1-3H3,(H,35,39)/t24-,29-/m0/s1. The molecule has 0 bridgehead atoms. The molecule has 1 N–H and O–H groups in total. The van der Waals surface area contributed by atoms with Gasteiger partial charge in [0.25, 0.3) is 0 Å². The van der Waals surface area contributed by atoms with Crippen LogP contribution in [0.5, 0.6) is 11.5 Å². The summed E-state index contributed by atoms with van der Waals surface area (Å²) in [6, 6.07) is 19.3. The van der Waals surface area contributed by atoms with Crippen molar-refractivity contribution in [1.82, 2.24) is 10.2 Å².